The van der Waals surface area contributed by atoms with E-state index < -0.39 is 15.9 Å². The molecule has 1 aliphatic heterocycles. The van der Waals surface area contributed by atoms with E-state index in [-0.39, 0.29) is 29.7 Å². The Balaban J connectivity index is 1.43. The number of carbonyl (C=O) groups is 2. The highest BCUT2D eigenvalue weighted by atomic mass is 32.2. The molecular formula is C23H23N3O6S. The Morgan fingerprint density at radius 2 is 1.97 bits per heavy atom. The van der Waals surface area contributed by atoms with Crippen molar-refractivity contribution in [2.75, 3.05) is 23.7 Å². The number of rotatable bonds is 8. The molecule has 0 radical (unpaired) electrons. The molecule has 10 heteroatoms. The van der Waals surface area contributed by atoms with Crippen LogP contribution in [0.5, 0.6) is 5.75 Å². The third-order valence-corrected chi connectivity index (χ3v) is 6.64. The first-order chi connectivity index (χ1) is 15.9. The predicted molar refractivity (Wildman–Crippen MR) is 121 cm³/mol. The van der Waals surface area contributed by atoms with Crippen molar-refractivity contribution in [1.29, 1.82) is 0 Å². The highest BCUT2D eigenvalue weighted by molar-refractivity contribution is 7.92. The van der Waals surface area contributed by atoms with Gasteiger partial charge >= 0.3 is 0 Å². The Kier molecular flexibility index (Phi) is 6.36. The van der Waals surface area contributed by atoms with E-state index in [1.165, 1.54) is 31.6 Å². The summed E-state index contributed by atoms with van der Waals surface area (Å²) in [6, 6.07) is 16.1. The van der Waals surface area contributed by atoms with Gasteiger partial charge in [-0.15, -0.1) is 0 Å². The monoisotopic (exact) mass is 469 g/mol. The van der Waals surface area contributed by atoms with Gasteiger partial charge in [-0.3, -0.25) is 14.3 Å². The molecule has 9 nitrogen and oxygen atoms in total. The number of hydrogen-bond acceptors (Lipinski definition) is 6. The minimum atomic E-state index is -3.92. The average Bonchev–Trinajstić information content (AvgIpc) is 3.44. The van der Waals surface area contributed by atoms with Crippen molar-refractivity contribution in [1.82, 2.24) is 4.90 Å². The van der Waals surface area contributed by atoms with Crippen LogP contribution >= 0.6 is 0 Å². The van der Waals surface area contributed by atoms with E-state index in [2.05, 4.69) is 10.0 Å². The number of anilines is 2. The van der Waals surface area contributed by atoms with Crippen LogP contribution < -0.4 is 14.8 Å². The van der Waals surface area contributed by atoms with Crippen LogP contribution in [0.2, 0.25) is 0 Å². The summed E-state index contributed by atoms with van der Waals surface area (Å²) in [5, 5.41) is 2.72. The van der Waals surface area contributed by atoms with Crippen molar-refractivity contribution in [2.45, 2.75) is 17.9 Å². The lowest BCUT2D eigenvalue weighted by atomic mass is 10.1. The molecule has 0 aliphatic carbocycles. The summed E-state index contributed by atoms with van der Waals surface area (Å²) in [4.78, 5) is 26.6. The van der Waals surface area contributed by atoms with E-state index in [4.69, 9.17) is 9.15 Å². The molecule has 1 saturated heterocycles. The second-order valence-corrected chi connectivity index (χ2v) is 9.26. The van der Waals surface area contributed by atoms with Crippen molar-refractivity contribution in [3.8, 4) is 5.75 Å². The third-order valence-electron chi connectivity index (χ3n) is 5.28. The SMILES string of the molecule is COc1ccccc1NS(=O)(=O)c1cccc(NC(=O)C2CC(=O)N(Cc3ccco3)C2)c1. The summed E-state index contributed by atoms with van der Waals surface area (Å²) in [6.45, 7) is 0.566. The van der Waals surface area contributed by atoms with Gasteiger partial charge in [0.05, 0.1) is 36.4 Å². The van der Waals surface area contributed by atoms with E-state index >= 15 is 0 Å². The zero-order valence-corrected chi connectivity index (χ0v) is 18.7. The van der Waals surface area contributed by atoms with Gasteiger partial charge in [0.25, 0.3) is 10.0 Å². The van der Waals surface area contributed by atoms with Gasteiger partial charge in [0, 0.05) is 18.7 Å². The number of nitrogens with zero attached hydrogens (tertiary/aromatic N) is 1. The molecule has 172 valence electrons. The standard InChI is InChI=1S/C23H23N3O6S/c1-31-21-10-3-2-9-20(21)25-33(29,30)19-8-4-6-17(13-19)24-23(28)16-12-22(27)26(14-16)15-18-7-5-11-32-18/h2-11,13,16,25H,12,14-15H2,1H3,(H,24,28). The summed E-state index contributed by atoms with van der Waals surface area (Å²) in [7, 11) is -2.47. The van der Waals surface area contributed by atoms with Gasteiger partial charge in [0.2, 0.25) is 11.8 Å². The summed E-state index contributed by atoms with van der Waals surface area (Å²) in [5.41, 5.74) is 0.621. The molecule has 0 saturated carbocycles. The van der Waals surface area contributed by atoms with Gasteiger partial charge in [-0.2, -0.15) is 0 Å². The molecule has 33 heavy (non-hydrogen) atoms. The molecular weight excluding hydrogens is 446 g/mol. The Hall–Kier alpha value is -3.79. The lowest BCUT2D eigenvalue weighted by Gasteiger charge is -2.15. The van der Waals surface area contributed by atoms with E-state index in [9.17, 15) is 18.0 Å². The zero-order valence-electron chi connectivity index (χ0n) is 17.9. The van der Waals surface area contributed by atoms with E-state index in [0.29, 0.717) is 29.4 Å². The number of benzene rings is 2. The quantitative estimate of drug-likeness (QED) is 0.524. The number of amides is 2. The molecule has 0 spiro atoms. The van der Waals surface area contributed by atoms with Gasteiger partial charge in [-0.05, 0) is 42.5 Å². The summed E-state index contributed by atoms with van der Waals surface area (Å²) in [6.07, 6.45) is 1.61. The number of sulfonamides is 1. The van der Waals surface area contributed by atoms with Crippen molar-refractivity contribution < 1.29 is 27.2 Å². The van der Waals surface area contributed by atoms with E-state index in [0.717, 1.165) is 0 Å². The molecule has 4 rings (SSSR count). The van der Waals surface area contributed by atoms with Crippen molar-refractivity contribution >= 4 is 33.2 Å². The molecule has 1 aliphatic rings. The van der Waals surface area contributed by atoms with Crippen LogP contribution in [0.1, 0.15) is 12.2 Å². The summed E-state index contributed by atoms with van der Waals surface area (Å²) in [5.74, 6) is 0.00115. The Bertz CT molecular complexity index is 1260. The van der Waals surface area contributed by atoms with E-state index in [1.807, 2.05) is 0 Å². The number of furan rings is 1. The number of methoxy groups -OCH3 is 1. The number of ether oxygens (including phenoxy) is 1. The van der Waals surface area contributed by atoms with Gasteiger partial charge < -0.3 is 19.4 Å². The average molecular weight is 470 g/mol. The highest BCUT2D eigenvalue weighted by Gasteiger charge is 2.34. The number of nitrogens with one attached hydrogen (secondary N) is 2. The number of hydrogen-bond donors (Lipinski definition) is 2. The Morgan fingerprint density at radius 3 is 2.73 bits per heavy atom. The fourth-order valence-corrected chi connectivity index (χ4v) is 4.73. The normalized spacial score (nSPS) is 16.0. The molecule has 0 bridgehead atoms. The fourth-order valence-electron chi connectivity index (χ4n) is 3.61. The molecule has 2 aromatic carbocycles. The topological polar surface area (TPSA) is 118 Å². The molecule has 3 aromatic rings. The maximum atomic E-state index is 12.9. The first-order valence-corrected chi connectivity index (χ1v) is 11.7. The van der Waals surface area contributed by atoms with E-state index in [1.54, 1.807) is 47.4 Å². The maximum absolute atomic E-state index is 12.9. The third kappa shape index (κ3) is 5.17. The molecule has 1 fully saturated rings. The number of likely N-dealkylation sites (tertiary alicyclic amines) is 1. The Labute approximate surface area is 191 Å². The minimum absolute atomic E-state index is 0.0202. The molecule has 2 N–H and O–H groups in total. The van der Waals surface area contributed by atoms with Crippen LogP contribution in [0.15, 0.2) is 76.2 Å². The number of carbonyl (C=O) groups excluding carboxylic acids is 2. The van der Waals surface area contributed by atoms with Crippen molar-refractivity contribution in [2.24, 2.45) is 5.92 Å². The summed E-state index contributed by atoms with van der Waals surface area (Å²) >= 11 is 0. The van der Waals surface area contributed by atoms with Crippen LogP contribution in [-0.4, -0.2) is 38.8 Å². The highest BCUT2D eigenvalue weighted by Crippen LogP contribution is 2.27. The molecule has 2 amide bonds. The second kappa shape index (κ2) is 9.37. The lowest BCUT2D eigenvalue weighted by molar-refractivity contribution is -0.128. The van der Waals surface area contributed by atoms with Crippen LogP contribution in [0.4, 0.5) is 11.4 Å². The first-order valence-electron chi connectivity index (χ1n) is 10.2. The minimum Gasteiger partial charge on any atom is -0.495 e. The van der Waals surface area contributed by atoms with Crippen LogP contribution in [-0.2, 0) is 26.2 Å². The van der Waals surface area contributed by atoms with Crippen molar-refractivity contribution in [3.63, 3.8) is 0 Å². The van der Waals surface area contributed by atoms with Gasteiger partial charge in [-0.25, -0.2) is 8.42 Å². The number of para-hydroxylation sites is 2. The molecule has 1 atom stereocenters. The first kappa shape index (κ1) is 22.4. The van der Waals surface area contributed by atoms with Crippen LogP contribution in [0.25, 0.3) is 0 Å². The van der Waals surface area contributed by atoms with Crippen LogP contribution in [0.3, 0.4) is 0 Å². The zero-order chi connectivity index (χ0) is 23.4. The second-order valence-electron chi connectivity index (χ2n) is 7.58. The smallest absolute Gasteiger partial charge is 0.262 e. The largest absolute Gasteiger partial charge is 0.495 e. The summed E-state index contributed by atoms with van der Waals surface area (Å²) < 4.78 is 38.7. The molecule has 2 heterocycles. The fraction of sp³-hybridized carbons (Fsp3) is 0.217. The van der Waals surface area contributed by atoms with Gasteiger partial charge in [0.1, 0.15) is 11.5 Å². The van der Waals surface area contributed by atoms with Crippen molar-refractivity contribution in [3.05, 3.63) is 72.7 Å². The Morgan fingerprint density at radius 1 is 1.15 bits per heavy atom. The molecule has 1 aromatic heterocycles. The van der Waals surface area contributed by atoms with Gasteiger partial charge in [-0.1, -0.05) is 18.2 Å². The van der Waals surface area contributed by atoms with Crippen LogP contribution in [0, 0.1) is 5.92 Å². The lowest BCUT2D eigenvalue weighted by Crippen LogP contribution is -2.28. The maximum Gasteiger partial charge on any atom is 0.262 e. The molecule has 1 unspecified atom stereocenters. The predicted octanol–water partition coefficient (Wildman–Crippen LogP) is 3.08. The van der Waals surface area contributed by atoms with Gasteiger partial charge in [0.15, 0.2) is 0 Å².